The second-order valence-corrected chi connectivity index (χ2v) is 3.92. The van der Waals surface area contributed by atoms with Crippen molar-refractivity contribution in [1.82, 2.24) is 0 Å². The summed E-state index contributed by atoms with van der Waals surface area (Å²) < 4.78 is 5.08. The van der Waals surface area contributed by atoms with E-state index >= 15 is 0 Å². The fourth-order valence-corrected chi connectivity index (χ4v) is 1.55. The molecule has 80 valence electrons. The van der Waals surface area contributed by atoms with E-state index in [0.717, 1.165) is 12.8 Å². The van der Waals surface area contributed by atoms with Crippen LogP contribution in [0.15, 0.2) is 0 Å². The first kappa shape index (κ1) is 11.5. The Kier molecular flexibility index (Phi) is 2.89. The topological polar surface area (TPSA) is 89.6 Å². The lowest BCUT2D eigenvalue weighted by Crippen LogP contribution is -2.42. The number of rotatable bonds is 5. The van der Waals surface area contributed by atoms with Crippen LogP contribution in [0.5, 0.6) is 0 Å². The van der Waals surface area contributed by atoms with Gasteiger partial charge in [0.15, 0.2) is 0 Å². The van der Waals surface area contributed by atoms with Gasteiger partial charge in [-0.15, -0.1) is 12.6 Å². The summed E-state index contributed by atoms with van der Waals surface area (Å²) in [6.45, 7) is 2.24. The van der Waals surface area contributed by atoms with E-state index in [4.69, 9.17) is 15.6 Å². The molecule has 0 radical (unpaired) electrons. The fourth-order valence-electron chi connectivity index (χ4n) is 1.15. The summed E-state index contributed by atoms with van der Waals surface area (Å²) in [7, 11) is 0. The highest BCUT2D eigenvalue weighted by Crippen LogP contribution is 2.48. The number of carbonyl (C=O) groups is 2. The summed E-state index contributed by atoms with van der Waals surface area (Å²) >= 11 is 3.88. The molecule has 6 heteroatoms. The van der Waals surface area contributed by atoms with Crippen LogP contribution in [0.3, 0.4) is 0 Å². The first-order valence-corrected chi connectivity index (χ1v) is 4.79. The highest BCUT2D eigenvalue weighted by atomic mass is 32.1. The van der Waals surface area contributed by atoms with Crippen molar-refractivity contribution in [3.05, 3.63) is 0 Å². The third-order valence-electron chi connectivity index (χ3n) is 2.28. The first-order chi connectivity index (χ1) is 6.41. The monoisotopic (exact) mass is 219 g/mol. The maximum Gasteiger partial charge on any atom is 0.336 e. The molecule has 0 heterocycles. The second-order valence-electron chi connectivity index (χ2n) is 3.29. The van der Waals surface area contributed by atoms with Crippen LogP contribution in [0.1, 0.15) is 19.8 Å². The van der Waals surface area contributed by atoms with Crippen LogP contribution >= 0.6 is 12.6 Å². The number of hydrogen-bond acceptors (Lipinski definition) is 5. The molecule has 1 aliphatic carbocycles. The van der Waals surface area contributed by atoms with Crippen molar-refractivity contribution in [3.8, 4) is 0 Å². The van der Waals surface area contributed by atoms with Crippen molar-refractivity contribution in [3.63, 3.8) is 0 Å². The number of aliphatic carboxylic acids is 1. The van der Waals surface area contributed by atoms with Gasteiger partial charge in [0.2, 0.25) is 16.3 Å². The fraction of sp³-hybridized carbons (Fsp3) is 0.750. The normalized spacial score (nSPS) is 35.8. The number of ether oxygens (including phenoxy) is 1. The standard InChI is InChI=1S/C8H13NO4S/c1-2-3-4-13-8(14)5(10)7(8,9)6(11)12/h14H,2-4,9H2,1H3,(H,11,12)/t7-,8?/m1/s1. The molecule has 1 fully saturated rings. The molecule has 0 aromatic rings. The smallest absolute Gasteiger partial charge is 0.336 e. The first-order valence-electron chi connectivity index (χ1n) is 4.34. The van der Waals surface area contributed by atoms with Crippen molar-refractivity contribution in [2.75, 3.05) is 6.61 Å². The quantitative estimate of drug-likeness (QED) is 0.258. The number of carboxylic acids is 1. The maximum absolute atomic E-state index is 11.2. The van der Waals surface area contributed by atoms with E-state index in [0.29, 0.717) is 0 Å². The Morgan fingerprint density at radius 2 is 2.29 bits per heavy atom. The Labute approximate surface area is 87.0 Å². The van der Waals surface area contributed by atoms with Gasteiger partial charge in [0.25, 0.3) is 0 Å². The average Bonchev–Trinajstić information content (AvgIpc) is 2.55. The van der Waals surface area contributed by atoms with Crippen LogP contribution in [-0.2, 0) is 14.3 Å². The molecule has 0 spiro atoms. The molecule has 2 atom stereocenters. The van der Waals surface area contributed by atoms with E-state index in [1.54, 1.807) is 0 Å². The number of thiol groups is 1. The molecule has 0 bridgehead atoms. The van der Waals surface area contributed by atoms with Gasteiger partial charge in [-0.2, -0.15) is 0 Å². The summed E-state index contributed by atoms with van der Waals surface area (Å²) in [5, 5.41) is 8.70. The zero-order chi connectivity index (χ0) is 11.0. The molecule has 0 aromatic carbocycles. The van der Waals surface area contributed by atoms with Crippen LogP contribution in [0.25, 0.3) is 0 Å². The van der Waals surface area contributed by atoms with Gasteiger partial charge in [0.05, 0.1) is 0 Å². The summed E-state index contributed by atoms with van der Waals surface area (Å²) in [6.07, 6.45) is 1.63. The Bertz CT molecular complexity index is 283. The summed E-state index contributed by atoms with van der Waals surface area (Å²) in [6, 6.07) is 0. The highest BCUT2D eigenvalue weighted by Gasteiger charge is 2.81. The van der Waals surface area contributed by atoms with Gasteiger partial charge in [-0.1, -0.05) is 13.3 Å². The second kappa shape index (κ2) is 3.52. The van der Waals surface area contributed by atoms with E-state index < -0.39 is 22.2 Å². The third-order valence-corrected chi connectivity index (χ3v) is 2.97. The number of carbonyl (C=O) groups excluding carboxylic acids is 1. The van der Waals surface area contributed by atoms with E-state index in [9.17, 15) is 9.59 Å². The van der Waals surface area contributed by atoms with Gasteiger partial charge >= 0.3 is 5.97 Å². The number of carboxylic acid groups (broad SMARTS) is 1. The van der Waals surface area contributed by atoms with E-state index in [2.05, 4.69) is 12.6 Å². The Hall–Kier alpha value is -0.590. The molecule has 1 rings (SSSR count). The predicted molar refractivity (Wildman–Crippen MR) is 52.1 cm³/mol. The average molecular weight is 219 g/mol. The van der Waals surface area contributed by atoms with Gasteiger partial charge in [-0.25, -0.2) is 4.79 Å². The molecule has 14 heavy (non-hydrogen) atoms. The van der Waals surface area contributed by atoms with Gasteiger partial charge in [-0.3, -0.25) is 4.79 Å². The Balaban J connectivity index is 2.61. The molecular formula is C8H13NO4S. The molecule has 3 N–H and O–H groups in total. The zero-order valence-electron chi connectivity index (χ0n) is 7.82. The molecule has 0 aliphatic heterocycles. The molecule has 1 unspecified atom stereocenters. The van der Waals surface area contributed by atoms with E-state index in [-0.39, 0.29) is 6.61 Å². The summed E-state index contributed by atoms with van der Waals surface area (Å²) in [4.78, 5) is 20.2. The van der Waals surface area contributed by atoms with Crippen molar-refractivity contribution >= 4 is 24.4 Å². The lowest BCUT2D eigenvalue weighted by Gasteiger charge is -2.11. The highest BCUT2D eigenvalue weighted by molar-refractivity contribution is 7.83. The largest absolute Gasteiger partial charge is 0.479 e. The van der Waals surface area contributed by atoms with Crippen molar-refractivity contribution in [1.29, 1.82) is 0 Å². The van der Waals surface area contributed by atoms with Crippen molar-refractivity contribution in [2.45, 2.75) is 30.2 Å². The SMILES string of the molecule is CCCCOC1(S)C(=O)[C@@]1(N)C(=O)O. The molecule has 1 saturated carbocycles. The number of ketones is 1. The minimum atomic E-state index is -1.97. The minimum Gasteiger partial charge on any atom is -0.479 e. The minimum absolute atomic E-state index is 0.290. The molecule has 0 aromatic heterocycles. The molecule has 0 saturated heterocycles. The van der Waals surface area contributed by atoms with Crippen LogP contribution in [0.4, 0.5) is 0 Å². The van der Waals surface area contributed by atoms with Gasteiger partial charge in [0, 0.05) is 6.61 Å². The van der Waals surface area contributed by atoms with Gasteiger partial charge < -0.3 is 15.6 Å². The number of nitrogens with two attached hydrogens (primary N) is 1. The molecule has 0 amide bonds. The summed E-state index contributed by atoms with van der Waals surface area (Å²) in [5.41, 5.74) is 3.37. The lowest BCUT2D eigenvalue weighted by molar-refractivity contribution is -0.141. The molecule has 5 nitrogen and oxygen atoms in total. The predicted octanol–water partition coefficient (Wildman–Crippen LogP) is -0.206. The van der Waals surface area contributed by atoms with Crippen LogP contribution < -0.4 is 5.73 Å². The number of hydrogen-bond donors (Lipinski definition) is 3. The van der Waals surface area contributed by atoms with Crippen molar-refractivity contribution < 1.29 is 19.4 Å². The van der Waals surface area contributed by atoms with E-state index in [1.807, 2.05) is 6.92 Å². The number of Topliss-reactive ketones (excluding diaryl/α,β-unsaturated/α-hetero) is 1. The maximum atomic E-state index is 11.2. The van der Waals surface area contributed by atoms with E-state index in [1.165, 1.54) is 0 Å². The van der Waals surface area contributed by atoms with Crippen LogP contribution in [0, 0.1) is 0 Å². The Morgan fingerprint density at radius 3 is 2.64 bits per heavy atom. The Morgan fingerprint density at radius 1 is 1.71 bits per heavy atom. The molecular weight excluding hydrogens is 206 g/mol. The third kappa shape index (κ3) is 1.34. The zero-order valence-corrected chi connectivity index (χ0v) is 8.71. The van der Waals surface area contributed by atoms with Gasteiger partial charge in [0.1, 0.15) is 0 Å². The van der Waals surface area contributed by atoms with Gasteiger partial charge in [-0.05, 0) is 6.42 Å². The lowest BCUT2D eigenvalue weighted by atomic mass is 10.3. The molecule has 1 aliphatic rings. The van der Waals surface area contributed by atoms with Crippen molar-refractivity contribution in [2.24, 2.45) is 5.73 Å². The van der Waals surface area contributed by atoms with Crippen LogP contribution in [0.2, 0.25) is 0 Å². The number of unbranched alkanes of at least 4 members (excludes halogenated alkanes) is 1. The summed E-state index contributed by atoms with van der Waals surface area (Å²) in [5.74, 6) is -2.08. The van der Waals surface area contributed by atoms with Crippen LogP contribution in [-0.4, -0.2) is 33.9 Å².